The maximum Gasteiger partial charge on any atom is 0.169 e. The van der Waals surface area contributed by atoms with Crippen molar-refractivity contribution in [1.29, 1.82) is 0 Å². The van der Waals surface area contributed by atoms with Crippen molar-refractivity contribution < 1.29 is 0 Å². The van der Waals surface area contributed by atoms with Gasteiger partial charge in [0, 0.05) is 47.6 Å². The van der Waals surface area contributed by atoms with E-state index in [4.69, 9.17) is 12.2 Å². The Morgan fingerprint density at radius 2 is 1.86 bits per heavy atom. The molecule has 0 saturated carbocycles. The number of fused-ring (bicyclic) bond motifs is 1. The number of aromatic nitrogens is 2. The lowest BCUT2D eigenvalue weighted by atomic mass is 10.1. The van der Waals surface area contributed by atoms with E-state index in [0.717, 1.165) is 24.6 Å². The molecule has 0 aliphatic carbocycles. The van der Waals surface area contributed by atoms with Crippen molar-refractivity contribution in [2.24, 2.45) is 0 Å². The highest BCUT2D eigenvalue weighted by atomic mass is 32.1. The van der Waals surface area contributed by atoms with Crippen LogP contribution < -0.4 is 5.32 Å². The third-order valence-electron chi connectivity index (χ3n) is 4.80. The minimum atomic E-state index is -0.0681. The molecule has 0 atom stereocenters. The second-order valence-electron chi connectivity index (χ2n) is 8.48. The minimum absolute atomic E-state index is 0.0681. The van der Waals surface area contributed by atoms with Crippen LogP contribution in [0.15, 0.2) is 42.7 Å². The summed E-state index contributed by atoms with van der Waals surface area (Å²) in [4.78, 5) is 9.90. The van der Waals surface area contributed by atoms with E-state index in [1.807, 2.05) is 24.5 Å². The van der Waals surface area contributed by atoms with Crippen LogP contribution in [0.2, 0.25) is 0 Å². The van der Waals surface area contributed by atoms with Crippen LogP contribution in [0.25, 0.3) is 10.9 Å². The number of hydrogen-bond donors (Lipinski definition) is 2. The highest BCUT2D eigenvalue weighted by Crippen LogP contribution is 2.24. The third-order valence-corrected chi connectivity index (χ3v) is 5.16. The smallest absolute Gasteiger partial charge is 0.169 e. The Morgan fingerprint density at radius 1 is 1.14 bits per heavy atom. The summed E-state index contributed by atoms with van der Waals surface area (Å²) >= 11 is 5.76. The zero-order chi connectivity index (χ0) is 20.3. The van der Waals surface area contributed by atoms with Gasteiger partial charge < -0.3 is 15.2 Å². The topological polar surface area (TPSA) is 44.0 Å². The number of nitrogens with zero attached hydrogens (tertiary/aromatic N) is 2. The van der Waals surface area contributed by atoms with Crippen molar-refractivity contribution in [2.75, 3.05) is 6.54 Å². The molecule has 2 aromatic heterocycles. The molecule has 148 valence electrons. The highest BCUT2D eigenvalue weighted by molar-refractivity contribution is 7.80. The Balaban J connectivity index is 1.82. The molecule has 0 spiro atoms. The lowest BCUT2D eigenvalue weighted by Gasteiger charge is -2.31. The first kappa shape index (κ1) is 20.3. The van der Waals surface area contributed by atoms with Crippen molar-refractivity contribution in [3.05, 3.63) is 65.1 Å². The molecule has 2 N–H and O–H groups in total. The van der Waals surface area contributed by atoms with Crippen molar-refractivity contribution in [2.45, 2.75) is 53.1 Å². The number of rotatable bonds is 5. The minimum Gasteiger partial charge on any atom is -0.358 e. The first-order valence-electron chi connectivity index (χ1n) is 9.77. The van der Waals surface area contributed by atoms with E-state index >= 15 is 0 Å². The van der Waals surface area contributed by atoms with Crippen LogP contribution >= 0.6 is 12.2 Å². The molecule has 0 bridgehead atoms. The van der Waals surface area contributed by atoms with E-state index in [-0.39, 0.29) is 5.54 Å². The average molecular weight is 395 g/mol. The number of hydrogen-bond acceptors (Lipinski definition) is 2. The Morgan fingerprint density at radius 3 is 2.54 bits per heavy atom. The van der Waals surface area contributed by atoms with Gasteiger partial charge in [-0.3, -0.25) is 4.98 Å². The van der Waals surface area contributed by atoms with Crippen molar-refractivity contribution in [1.82, 2.24) is 20.2 Å². The van der Waals surface area contributed by atoms with Crippen LogP contribution in [0.4, 0.5) is 0 Å². The number of H-pyrrole nitrogens is 1. The van der Waals surface area contributed by atoms with E-state index in [1.165, 1.54) is 33.3 Å². The summed E-state index contributed by atoms with van der Waals surface area (Å²) in [6, 6.07) is 10.7. The van der Waals surface area contributed by atoms with Gasteiger partial charge in [0.1, 0.15) is 0 Å². The quantitative estimate of drug-likeness (QED) is 0.604. The maximum absolute atomic E-state index is 5.76. The normalized spacial score (nSPS) is 11.6. The largest absolute Gasteiger partial charge is 0.358 e. The summed E-state index contributed by atoms with van der Waals surface area (Å²) < 4.78 is 0. The second-order valence-corrected chi connectivity index (χ2v) is 8.87. The van der Waals surface area contributed by atoms with Gasteiger partial charge in [0.25, 0.3) is 0 Å². The summed E-state index contributed by atoms with van der Waals surface area (Å²) in [5.74, 6) is 0. The van der Waals surface area contributed by atoms with E-state index in [1.54, 1.807) is 0 Å². The molecule has 0 unspecified atom stereocenters. The lowest BCUT2D eigenvalue weighted by Crippen LogP contribution is -2.48. The number of thiocarbonyl (C=S) groups is 1. The van der Waals surface area contributed by atoms with Crippen molar-refractivity contribution in [3.8, 4) is 0 Å². The fourth-order valence-electron chi connectivity index (χ4n) is 3.43. The van der Waals surface area contributed by atoms with Crippen LogP contribution in [-0.4, -0.2) is 32.1 Å². The molecule has 5 heteroatoms. The zero-order valence-electron chi connectivity index (χ0n) is 17.5. The predicted octanol–water partition coefficient (Wildman–Crippen LogP) is 4.90. The lowest BCUT2D eigenvalue weighted by molar-refractivity contribution is 0.385. The summed E-state index contributed by atoms with van der Waals surface area (Å²) in [7, 11) is 0. The van der Waals surface area contributed by atoms with Crippen molar-refractivity contribution in [3.63, 3.8) is 0 Å². The standard InChI is InChI=1S/C23H30N4S/c1-16-6-7-21-20(14-16)19(17(2)25-21)10-13-27(22(28)26-23(3,4)5)15-18-8-11-24-12-9-18/h6-9,11-12,14,25H,10,13,15H2,1-5H3,(H,26,28). The van der Waals surface area contributed by atoms with E-state index in [2.05, 4.69) is 73.0 Å². The monoisotopic (exact) mass is 394 g/mol. The molecule has 4 nitrogen and oxygen atoms in total. The van der Waals surface area contributed by atoms with Gasteiger partial charge in [-0.05, 0) is 88.6 Å². The van der Waals surface area contributed by atoms with Gasteiger partial charge in [-0.25, -0.2) is 0 Å². The molecule has 0 fully saturated rings. The molecule has 0 aliphatic heterocycles. The molecule has 3 aromatic rings. The van der Waals surface area contributed by atoms with Crippen LogP contribution in [0.3, 0.4) is 0 Å². The fourth-order valence-corrected chi connectivity index (χ4v) is 3.89. The zero-order valence-corrected chi connectivity index (χ0v) is 18.3. The van der Waals surface area contributed by atoms with Crippen LogP contribution in [0.5, 0.6) is 0 Å². The Kier molecular flexibility index (Phi) is 6.04. The first-order valence-corrected chi connectivity index (χ1v) is 10.2. The third kappa shape index (κ3) is 5.10. The maximum atomic E-state index is 5.76. The number of benzene rings is 1. The molecule has 0 aliphatic rings. The summed E-state index contributed by atoms with van der Waals surface area (Å²) in [6.07, 6.45) is 4.60. The van der Waals surface area contributed by atoms with Gasteiger partial charge >= 0.3 is 0 Å². The van der Waals surface area contributed by atoms with E-state index in [0.29, 0.717) is 0 Å². The Bertz CT molecular complexity index is 954. The summed E-state index contributed by atoms with van der Waals surface area (Å²) in [5.41, 5.74) is 6.23. The molecule has 0 saturated heterocycles. The van der Waals surface area contributed by atoms with Gasteiger partial charge in [0.2, 0.25) is 0 Å². The molecule has 1 aromatic carbocycles. The molecule has 3 rings (SSSR count). The van der Waals surface area contributed by atoms with E-state index in [9.17, 15) is 0 Å². The predicted molar refractivity (Wildman–Crippen MR) is 122 cm³/mol. The van der Waals surface area contributed by atoms with E-state index < -0.39 is 0 Å². The van der Waals surface area contributed by atoms with Crippen molar-refractivity contribution >= 4 is 28.2 Å². The van der Waals surface area contributed by atoms with Gasteiger partial charge in [-0.1, -0.05) is 11.6 Å². The molecular weight excluding hydrogens is 364 g/mol. The number of nitrogens with one attached hydrogen (secondary N) is 2. The summed E-state index contributed by atoms with van der Waals surface area (Å²) in [5, 5.41) is 5.57. The molecule has 0 amide bonds. The Labute approximate surface area is 173 Å². The summed E-state index contributed by atoms with van der Waals surface area (Å²) in [6.45, 7) is 12.3. The molecule has 28 heavy (non-hydrogen) atoms. The van der Waals surface area contributed by atoms with Gasteiger partial charge in [-0.2, -0.15) is 0 Å². The number of aryl methyl sites for hydroxylation is 2. The van der Waals surface area contributed by atoms with Gasteiger partial charge in [0.15, 0.2) is 5.11 Å². The number of pyridine rings is 1. The molecule has 2 heterocycles. The number of aromatic amines is 1. The molecule has 0 radical (unpaired) electrons. The van der Waals surface area contributed by atoms with Crippen LogP contribution in [-0.2, 0) is 13.0 Å². The van der Waals surface area contributed by atoms with Gasteiger partial charge in [-0.15, -0.1) is 0 Å². The van der Waals surface area contributed by atoms with Gasteiger partial charge in [0.05, 0.1) is 0 Å². The highest BCUT2D eigenvalue weighted by Gasteiger charge is 2.18. The first-order chi connectivity index (χ1) is 13.2. The second kappa shape index (κ2) is 8.31. The fraction of sp³-hybridized carbons (Fsp3) is 0.391. The van der Waals surface area contributed by atoms with Crippen LogP contribution in [0.1, 0.15) is 43.2 Å². The van der Waals surface area contributed by atoms with Crippen LogP contribution in [0, 0.1) is 13.8 Å². The average Bonchev–Trinajstić information content (AvgIpc) is 2.92. The Hall–Kier alpha value is -2.40. The SMILES string of the molecule is Cc1ccc2[nH]c(C)c(CCN(Cc3ccncc3)C(=S)NC(C)(C)C)c2c1. The molecular formula is C23H30N4S.